The van der Waals surface area contributed by atoms with Crippen LogP contribution in [0.5, 0.6) is 0 Å². The summed E-state index contributed by atoms with van der Waals surface area (Å²) in [6, 6.07) is 0. The Kier molecular flexibility index (Phi) is 5.99. The number of aliphatic hydroxyl groups is 1. The summed E-state index contributed by atoms with van der Waals surface area (Å²) < 4.78 is 22.7. The van der Waals surface area contributed by atoms with Crippen LogP contribution >= 0.6 is 0 Å². The topological polar surface area (TPSA) is 57.2 Å². The standard InChI is InChI=1S/C15H26O5/c1-10-13(17-2)14(18-3)12(9-16)20-15(10)19-11-7-5-4-6-8-11/h11-16H,1,4-9H2,2-3H3/t12-,13-,14+,15+/m1/s1. The summed E-state index contributed by atoms with van der Waals surface area (Å²) in [5.41, 5.74) is 0.731. The third-order valence-electron chi connectivity index (χ3n) is 4.21. The Morgan fingerprint density at radius 3 is 2.45 bits per heavy atom. The molecule has 2 rings (SSSR count). The fourth-order valence-electron chi connectivity index (χ4n) is 3.07. The van der Waals surface area contributed by atoms with E-state index in [2.05, 4.69) is 6.58 Å². The molecule has 0 aromatic heterocycles. The molecule has 1 aliphatic carbocycles. The van der Waals surface area contributed by atoms with Gasteiger partial charge in [-0.2, -0.15) is 0 Å². The molecule has 2 fully saturated rings. The van der Waals surface area contributed by atoms with Crippen LogP contribution in [0.3, 0.4) is 0 Å². The van der Waals surface area contributed by atoms with Gasteiger partial charge in [-0.05, 0) is 12.8 Å². The summed E-state index contributed by atoms with van der Waals surface area (Å²) in [6.07, 6.45) is 4.34. The molecule has 1 heterocycles. The van der Waals surface area contributed by atoms with E-state index in [-0.39, 0.29) is 24.9 Å². The van der Waals surface area contributed by atoms with Gasteiger partial charge in [-0.15, -0.1) is 0 Å². The summed E-state index contributed by atoms with van der Waals surface area (Å²) in [6.45, 7) is 3.91. The summed E-state index contributed by atoms with van der Waals surface area (Å²) in [4.78, 5) is 0. The molecule has 20 heavy (non-hydrogen) atoms. The Morgan fingerprint density at radius 1 is 1.20 bits per heavy atom. The van der Waals surface area contributed by atoms with E-state index in [0.29, 0.717) is 0 Å². The minimum Gasteiger partial charge on any atom is -0.394 e. The Hall–Kier alpha value is -0.460. The van der Waals surface area contributed by atoms with Crippen molar-refractivity contribution in [3.63, 3.8) is 0 Å². The molecule has 0 aromatic rings. The van der Waals surface area contributed by atoms with Gasteiger partial charge >= 0.3 is 0 Å². The van der Waals surface area contributed by atoms with Crippen LogP contribution in [0.4, 0.5) is 0 Å². The van der Waals surface area contributed by atoms with Crippen molar-refractivity contribution in [2.45, 2.75) is 62.8 Å². The van der Waals surface area contributed by atoms with Crippen molar-refractivity contribution in [3.05, 3.63) is 12.2 Å². The van der Waals surface area contributed by atoms with E-state index in [1.54, 1.807) is 14.2 Å². The molecule has 0 radical (unpaired) electrons. The lowest BCUT2D eigenvalue weighted by Crippen LogP contribution is -2.54. The molecule has 5 nitrogen and oxygen atoms in total. The number of hydrogen-bond donors (Lipinski definition) is 1. The lowest BCUT2D eigenvalue weighted by molar-refractivity contribution is -0.248. The molecule has 0 aromatic carbocycles. The largest absolute Gasteiger partial charge is 0.394 e. The number of rotatable bonds is 5. The van der Waals surface area contributed by atoms with Gasteiger partial charge in [0.1, 0.15) is 18.3 Å². The summed E-state index contributed by atoms with van der Waals surface area (Å²) >= 11 is 0. The van der Waals surface area contributed by atoms with Crippen molar-refractivity contribution < 1.29 is 24.1 Å². The highest BCUT2D eigenvalue weighted by atomic mass is 16.7. The van der Waals surface area contributed by atoms with Crippen LogP contribution in [0, 0.1) is 0 Å². The second kappa shape index (κ2) is 7.52. The van der Waals surface area contributed by atoms with Crippen molar-refractivity contribution in [3.8, 4) is 0 Å². The fourth-order valence-corrected chi connectivity index (χ4v) is 3.07. The first-order chi connectivity index (χ1) is 9.71. The third kappa shape index (κ3) is 3.40. The van der Waals surface area contributed by atoms with Crippen molar-refractivity contribution in [1.82, 2.24) is 0 Å². The van der Waals surface area contributed by atoms with E-state index in [9.17, 15) is 5.11 Å². The maximum absolute atomic E-state index is 9.47. The van der Waals surface area contributed by atoms with Crippen LogP contribution in [0.1, 0.15) is 32.1 Å². The molecule has 1 saturated heterocycles. The Labute approximate surface area is 120 Å². The van der Waals surface area contributed by atoms with Gasteiger partial charge in [0, 0.05) is 19.8 Å². The first-order valence-electron chi connectivity index (χ1n) is 7.37. The summed E-state index contributed by atoms with van der Waals surface area (Å²) in [7, 11) is 3.19. The van der Waals surface area contributed by atoms with Crippen molar-refractivity contribution in [1.29, 1.82) is 0 Å². The predicted octanol–water partition coefficient (Wildman–Crippen LogP) is 1.64. The highest BCUT2D eigenvalue weighted by Gasteiger charge is 2.43. The quantitative estimate of drug-likeness (QED) is 0.779. The molecule has 1 N–H and O–H groups in total. The Morgan fingerprint density at radius 2 is 1.90 bits per heavy atom. The number of hydrogen-bond acceptors (Lipinski definition) is 5. The zero-order chi connectivity index (χ0) is 14.5. The number of ether oxygens (including phenoxy) is 4. The first-order valence-corrected chi connectivity index (χ1v) is 7.37. The maximum Gasteiger partial charge on any atom is 0.182 e. The predicted molar refractivity (Wildman–Crippen MR) is 74.4 cm³/mol. The third-order valence-corrected chi connectivity index (χ3v) is 4.21. The van der Waals surface area contributed by atoms with Gasteiger partial charge in [0.25, 0.3) is 0 Å². The van der Waals surface area contributed by atoms with Gasteiger partial charge in [0.05, 0.1) is 12.7 Å². The summed E-state index contributed by atoms with van der Waals surface area (Å²) in [5.74, 6) is 0. The molecule has 0 spiro atoms. The smallest absolute Gasteiger partial charge is 0.182 e. The van der Waals surface area contributed by atoms with Gasteiger partial charge in [-0.3, -0.25) is 0 Å². The molecule has 4 atom stereocenters. The van der Waals surface area contributed by atoms with Gasteiger partial charge in [0.15, 0.2) is 6.29 Å². The molecular formula is C15H26O5. The zero-order valence-electron chi connectivity index (χ0n) is 12.4. The number of aliphatic hydroxyl groups excluding tert-OH is 1. The first kappa shape index (κ1) is 15.9. The maximum atomic E-state index is 9.47. The van der Waals surface area contributed by atoms with Gasteiger partial charge in [-0.1, -0.05) is 25.8 Å². The molecule has 1 saturated carbocycles. The van der Waals surface area contributed by atoms with E-state index in [1.807, 2.05) is 0 Å². The van der Waals surface area contributed by atoms with Crippen molar-refractivity contribution in [2.24, 2.45) is 0 Å². The average molecular weight is 286 g/mol. The van der Waals surface area contributed by atoms with Crippen molar-refractivity contribution >= 4 is 0 Å². The molecule has 0 amide bonds. The minimum absolute atomic E-state index is 0.129. The van der Waals surface area contributed by atoms with Crippen LogP contribution in [0.2, 0.25) is 0 Å². The van der Waals surface area contributed by atoms with Crippen LogP contribution in [0.25, 0.3) is 0 Å². The van der Waals surface area contributed by atoms with Crippen LogP contribution in [-0.4, -0.2) is 56.6 Å². The SMILES string of the molecule is C=C1[C@@H](OC2CCCCC2)O[C@H](CO)[C@H](OC)[C@@H]1OC. The van der Waals surface area contributed by atoms with Crippen LogP contribution in [-0.2, 0) is 18.9 Å². The van der Waals surface area contributed by atoms with E-state index in [4.69, 9.17) is 18.9 Å². The van der Waals surface area contributed by atoms with E-state index >= 15 is 0 Å². The molecule has 116 valence electrons. The van der Waals surface area contributed by atoms with Gasteiger partial charge in [-0.25, -0.2) is 0 Å². The molecule has 0 bridgehead atoms. The van der Waals surface area contributed by atoms with Crippen LogP contribution < -0.4 is 0 Å². The van der Waals surface area contributed by atoms with Crippen molar-refractivity contribution in [2.75, 3.05) is 20.8 Å². The fraction of sp³-hybridized carbons (Fsp3) is 0.867. The molecule has 5 heteroatoms. The lowest BCUT2D eigenvalue weighted by Gasteiger charge is -2.42. The summed E-state index contributed by atoms with van der Waals surface area (Å²) in [5, 5.41) is 9.47. The molecule has 2 aliphatic rings. The Bertz CT molecular complexity index is 311. The van der Waals surface area contributed by atoms with E-state index < -0.39 is 12.4 Å². The van der Waals surface area contributed by atoms with Crippen LogP contribution in [0.15, 0.2) is 12.2 Å². The number of methoxy groups -OCH3 is 2. The molecular weight excluding hydrogens is 260 g/mol. The monoisotopic (exact) mass is 286 g/mol. The second-order valence-electron chi connectivity index (χ2n) is 5.52. The highest BCUT2D eigenvalue weighted by Crippen LogP contribution is 2.31. The van der Waals surface area contributed by atoms with E-state index in [0.717, 1.165) is 18.4 Å². The highest BCUT2D eigenvalue weighted by molar-refractivity contribution is 5.14. The molecule has 0 unspecified atom stereocenters. The second-order valence-corrected chi connectivity index (χ2v) is 5.52. The average Bonchev–Trinajstić information content (AvgIpc) is 2.49. The zero-order valence-corrected chi connectivity index (χ0v) is 12.4. The Balaban J connectivity index is 2.02. The molecule has 1 aliphatic heterocycles. The van der Waals surface area contributed by atoms with Gasteiger partial charge in [0.2, 0.25) is 0 Å². The van der Waals surface area contributed by atoms with Gasteiger partial charge < -0.3 is 24.1 Å². The minimum atomic E-state index is -0.522. The van der Waals surface area contributed by atoms with E-state index in [1.165, 1.54) is 19.3 Å². The normalized spacial score (nSPS) is 36.2. The lowest BCUT2D eigenvalue weighted by atomic mass is 9.95.